The Labute approximate surface area is 157 Å². The first-order valence-electron chi connectivity index (χ1n) is 7.99. The number of rotatable bonds is 4. The van der Waals surface area contributed by atoms with Gasteiger partial charge in [0.15, 0.2) is 11.5 Å². The number of carbonyl (C=O) groups is 1. The van der Waals surface area contributed by atoms with Crippen LogP contribution in [0.3, 0.4) is 0 Å². The van der Waals surface area contributed by atoms with Crippen LogP contribution in [0.25, 0.3) is 6.08 Å². The zero-order chi connectivity index (χ0) is 19.8. The number of nitrogens with zero attached hydrogens (tertiary/aromatic N) is 1. The molecule has 0 radical (unpaired) electrons. The molecule has 0 N–H and O–H groups in total. The fourth-order valence-corrected chi connectivity index (χ4v) is 4.31. The number of methoxy groups -OCH3 is 3. The fourth-order valence-electron chi connectivity index (χ4n) is 2.94. The zero-order valence-electron chi connectivity index (χ0n) is 15.3. The van der Waals surface area contributed by atoms with Gasteiger partial charge in [0.05, 0.1) is 26.2 Å². The summed E-state index contributed by atoms with van der Waals surface area (Å²) in [5, 5.41) is 0. The highest BCUT2D eigenvalue weighted by Crippen LogP contribution is 2.39. The molecule has 0 saturated heterocycles. The van der Waals surface area contributed by atoms with Gasteiger partial charge in [-0.05, 0) is 35.9 Å². The molecule has 27 heavy (non-hydrogen) atoms. The number of carbonyl (C=O) groups excluding carboxylic acids is 1. The summed E-state index contributed by atoms with van der Waals surface area (Å²) in [6, 6.07) is 9.44. The van der Waals surface area contributed by atoms with Crippen molar-refractivity contribution in [1.29, 1.82) is 0 Å². The van der Waals surface area contributed by atoms with Crippen LogP contribution in [0.15, 0.2) is 47.0 Å². The molecule has 2 aromatic rings. The van der Waals surface area contributed by atoms with Crippen molar-refractivity contribution in [3.05, 3.63) is 53.2 Å². The van der Waals surface area contributed by atoms with Gasteiger partial charge in [-0.25, -0.2) is 8.42 Å². The monoisotopic (exact) mass is 389 g/mol. The number of ketones is 1. The van der Waals surface area contributed by atoms with Crippen LogP contribution in [-0.2, 0) is 10.0 Å². The lowest BCUT2D eigenvalue weighted by Gasteiger charge is -2.28. The van der Waals surface area contributed by atoms with Crippen molar-refractivity contribution in [3.63, 3.8) is 0 Å². The Bertz CT molecular complexity index is 1020. The lowest BCUT2D eigenvalue weighted by Crippen LogP contribution is -2.36. The van der Waals surface area contributed by atoms with Gasteiger partial charge in [-0.3, -0.25) is 9.10 Å². The molecule has 3 rings (SSSR count). The van der Waals surface area contributed by atoms with Crippen molar-refractivity contribution >= 4 is 21.9 Å². The van der Waals surface area contributed by atoms with Gasteiger partial charge in [0.25, 0.3) is 10.0 Å². The molecule has 1 aliphatic rings. The second-order valence-electron chi connectivity index (χ2n) is 5.79. The number of allylic oxidation sites excluding steroid dienone is 1. The predicted octanol–water partition coefficient (Wildman–Crippen LogP) is 2.57. The Morgan fingerprint density at radius 1 is 0.963 bits per heavy atom. The standard InChI is InChI=1S/C19H19NO6S/c1-20-14(18(21)13-7-5-6-8-17(13)27(20,22)23)9-12-10-15(24-2)19(26-4)16(11-12)25-3/h5-11H,1-4H3/b14-9-. The molecule has 0 aromatic heterocycles. The Kier molecular flexibility index (Phi) is 4.84. The molecule has 8 heteroatoms. The van der Waals surface area contributed by atoms with Crippen LogP contribution in [-0.4, -0.2) is 46.9 Å². The Morgan fingerprint density at radius 2 is 1.56 bits per heavy atom. The molecule has 7 nitrogen and oxygen atoms in total. The Hall–Kier alpha value is -3.00. The first-order valence-corrected chi connectivity index (χ1v) is 9.43. The first kappa shape index (κ1) is 18.8. The quantitative estimate of drug-likeness (QED) is 0.748. The maximum absolute atomic E-state index is 12.9. The van der Waals surface area contributed by atoms with Crippen LogP contribution < -0.4 is 14.2 Å². The molecule has 0 amide bonds. The number of hydrogen-bond acceptors (Lipinski definition) is 6. The average Bonchev–Trinajstić information content (AvgIpc) is 2.69. The summed E-state index contributed by atoms with van der Waals surface area (Å²) in [4.78, 5) is 12.9. The highest BCUT2D eigenvalue weighted by Gasteiger charge is 2.36. The van der Waals surface area contributed by atoms with Crippen LogP contribution in [0.1, 0.15) is 15.9 Å². The maximum atomic E-state index is 12.9. The van der Waals surface area contributed by atoms with Crippen LogP contribution in [0.2, 0.25) is 0 Å². The molecular weight excluding hydrogens is 370 g/mol. The lowest BCUT2D eigenvalue weighted by molar-refractivity contribution is 0.101. The van der Waals surface area contributed by atoms with Crippen molar-refractivity contribution < 1.29 is 27.4 Å². The van der Waals surface area contributed by atoms with E-state index in [4.69, 9.17) is 14.2 Å². The van der Waals surface area contributed by atoms with Crippen LogP contribution in [0.5, 0.6) is 17.2 Å². The minimum atomic E-state index is -3.81. The SMILES string of the molecule is COc1cc(/C=C2/C(=O)c3ccccc3S(=O)(=O)N2C)cc(OC)c1OC. The van der Waals surface area contributed by atoms with Crippen LogP contribution >= 0.6 is 0 Å². The fraction of sp³-hybridized carbons (Fsp3) is 0.211. The number of sulfonamides is 1. The highest BCUT2D eigenvalue weighted by molar-refractivity contribution is 7.89. The third-order valence-corrected chi connectivity index (χ3v) is 6.16. The second-order valence-corrected chi connectivity index (χ2v) is 7.72. The van der Waals surface area contributed by atoms with Crippen molar-refractivity contribution in [3.8, 4) is 17.2 Å². The number of likely N-dealkylation sites (N-methyl/N-ethyl adjacent to an activating group) is 1. The summed E-state index contributed by atoms with van der Waals surface area (Å²) in [5.41, 5.74) is 0.714. The van der Waals surface area contributed by atoms with Gasteiger partial charge in [0.1, 0.15) is 5.70 Å². The first-order chi connectivity index (χ1) is 12.8. The molecule has 0 atom stereocenters. The third-order valence-electron chi connectivity index (χ3n) is 4.33. The van der Waals surface area contributed by atoms with E-state index in [1.54, 1.807) is 24.3 Å². The van der Waals surface area contributed by atoms with E-state index in [0.717, 1.165) is 4.31 Å². The van der Waals surface area contributed by atoms with E-state index < -0.39 is 10.0 Å². The molecule has 1 heterocycles. The maximum Gasteiger partial charge on any atom is 0.264 e. The normalized spacial score (nSPS) is 16.8. The van der Waals surface area contributed by atoms with Crippen molar-refractivity contribution in [2.24, 2.45) is 0 Å². The number of Topliss-reactive ketones (excluding diaryl/α,β-unsaturated/α-hetero) is 1. The predicted molar refractivity (Wildman–Crippen MR) is 99.8 cm³/mol. The van der Waals surface area contributed by atoms with E-state index in [9.17, 15) is 13.2 Å². The summed E-state index contributed by atoms with van der Waals surface area (Å²) in [7, 11) is 1.99. The molecule has 0 bridgehead atoms. The van der Waals surface area contributed by atoms with Gasteiger partial charge in [-0.2, -0.15) is 0 Å². The van der Waals surface area contributed by atoms with Gasteiger partial charge in [0, 0.05) is 12.6 Å². The van der Waals surface area contributed by atoms with Gasteiger partial charge >= 0.3 is 0 Å². The molecule has 0 saturated carbocycles. The summed E-state index contributed by atoms with van der Waals surface area (Å²) in [6.07, 6.45) is 1.49. The lowest BCUT2D eigenvalue weighted by atomic mass is 10.0. The van der Waals surface area contributed by atoms with Gasteiger partial charge in [-0.1, -0.05) is 12.1 Å². The van der Waals surface area contributed by atoms with Crippen LogP contribution in [0, 0.1) is 0 Å². The van der Waals surface area contributed by atoms with Crippen LogP contribution in [0.4, 0.5) is 0 Å². The van der Waals surface area contributed by atoms with Gasteiger partial charge < -0.3 is 14.2 Å². The molecule has 142 valence electrons. The average molecular weight is 389 g/mol. The highest BCUT2D eigenvalue weighted by atomic mass is 32.2. The summed E-state index contributed by atoms with van der Waals surface area (Å²) >= 11 is 0. The molecule has 0 fully saturated rings. The Morgan fingerprint density at radius 3 is 2.11 bits per heavy atom. The molecule has 2 aromatic carbocycles. The van der Waals surface area contributed by atoms with E-state index in [2.05, 4.69) is 0 Å². The van der Waals surface area contributed by atoms with E-state index in [-0.39, 0.29) is 21.9 Å². The van der Waals surface area contributed by atoms with E-state index in [1.807, 2.05) is 0 Å². The minimum Gasteiger partial charge on any atom is -0.493 e. The molecule has 0 spiro atoms. The second kappa shape index (κ2) is 6.96. The summed E-state index contributed by atoms with van der Waals surface area (Å²) in [5.74, 6) is 0.829. The number of hydrogen-bond donors (Lipinski definition) is 0. The Balaban J connectivity index is 2.20. The largest absolute Gasteiger partial charge is 0.493 e. The molecule has 0 unspecified atom stereocenters. The zero-order valence-corrected chi connectivity index (χ0v) is 16.2. The number of benzene rings is 2. The summed E-state index contributed by atoms with van der Waals surface area (Å²) in [6.45, 7) is 0. The topological polar surface area (TPSA) is 82.1 Å². The van der Waals surface area contributed by atoms with E-state index >= 15 is 0 Å². The number of ether oxygens (including phenoxy) is 3. The van der Waals surface area contributed by atoms with Crippen molar-refractivity contribution in [1.82, 2.24) is 4.31 Å². The summed E-state index contributed by atoms with van der Waals surface area (Å²) < 4.78 is 42.4. The smallest absolute Gasteiger partial charge is 0.264 e. The number of fused-ring (bicyclic) bond motifs is 1. The third kappa shape index (κ3) is 3.02. The van der Waals surface area contributed by atoms with E-state index in [0.29, 0.717) is 22.8 Å². The van der Waals surface area contributed by atoms with Crippen molar-refractivity contribution in [2.75, 3.05) is 28.4 Å². The molecule has 1 aliphatic heterocycles. The molecular formula is C19H19NO6S. The van der Waals surface area contributed by atoms with Gasteiger partial charge in [-0.15, -0.1) is 0 Å². The minimum absolute atomic E-state index is 0.000424. The van der Waals surface area contributed by atoms with Crippen molar-refractivity contribution in [2.45, 2.75) is 4.90 Å². The van der Waals surface area contributed by atoms with Gasteiger partial charge in [0.2, 0.25) is 11.5 Å². The molecule has 0 aliphatic carbocycles. The van der Waals surface area contributed by atoms with E-state index in [1.165, 1.54) is 46.6 Å².